The minimum absolute atomic E-state index is 0.228. The molecule has 244 valence electrons. The first-order chi connectivity index (χ1) is 20.6. The molecule has 0 radical (unpaired) electrons. The summed E-state index contributed by atoms with van der Waals surface area (Å²) in [6.45, 7) is 10.6. The second-order valence-electron chi connectivity index (χ2n) is 13.3. The summed E-state index contributed by atoms with van der Waals surface area (Å²) in [5.41, 5.74) is 4.10. The third-order valence-corrected chi connectivity index (χ3v) is 9.05. The molecule has 1 aromatic rings. The van der Waals surface area contributed by atoms with E-state index in [4.69, 9.17) is 0 Å². The van der Waals surface area contributed by atoms with Crippen molar-refractivity contribution in [1.82, 2.24) is 5.32 Å². The van der Waals surface area contributed by atoms with Gasteiger partial charge in [0.05, 0.1) is 6.54 Å². The van der Waals surface area contributed by atoms with Gasteiger partial charge in [-0.15, -0.1) is 0 Å². The fraction of sp³-hybridized carbons (Fsp3) is 0.846. The van der Waals surface area contributed by atoms with Crippen molar-refractivity contribution in [3.8, 4) is 0 Å². The molecule has 1 rings (SSSR count). The molecule has 3 heteroatoms. The lowest BCUT2D eigenvalue weighted by Gasteiger charge is -2.10. The number of carbonyl (C=O) groups excluding carboxylic acids is 1. The van der Waals surface area contributed by atoms with Gasteiger partial charge in [-0.1, -0.05) is 162 Å². The average Bonchev–Trinajstić information content (AvgIpc) is 2.97. The second-order valence-corrected chi connectivity index (χ2v) is 13.3. The summed E-state index contributed by atoms with van der Waals surface area (Å²) >= 11 is 0. The van der Waals surface area contributed by atoms with E-state index in [-0.39, 0.29) is 5.91 Å². The molecular weight excluding hydrogens is 512 g/mol. The number of carbonyl (C=O) groups is 1. The van der Waals surface area contributed by atoms with E-state index in [0.717, 1.165) is 25.9 Å². The molecule has 0 aliphatic rings. The van der Waals surface area contributed by atoms with Crippen LogP contribution >= 0.6 is 0 Å². The number of amides is 1. The number of aryl methyl sites for hydroxylation is 3. The smallest absolute Gasteiger partial charge is 0.220 e. The number of aromatic nitrogens is 1. The molecule has 1 amide bonds. The lowest BCUT2D eigenvalue weighted by atomic mass is 10.0. The fourth-order valence-corrected chi connectivity index (χ4v) is 6.39. The highest BCUT2D eigenvalue weighted by molar-refractivity contribution is 5.75. The van der Waals surface area contributed by atoms with Gasteiger partial charge in [0.25, 0.3) is 0 Å². The van der Waals surface area contributed by atoms with E-state index < -0.39 is 0 Å². The molecule has 1 N–H and O–H groups in total. The lowest BCUT2D eigenvalue weighted by molar-refractivity contribution is -0.707. The van der Waals surface area contributed by atoms with Crippen LogP contribution in [-0.2, 0) is 17.8 Å². The summed E-state index contributed by atoms with van der Waals surface area (Å²) in [6.07, 6.45) is 36.0. The molecule has 0 saturated carbocycles. The van der Waals surface area contributed by atoms with Gasteiger partial charge in [-0.2, -0.15) is 4.57 Å². The van der Waals surface area contributed by atoms with Gasteiger partial charge >= 0.3 is 0 Å². The Morgan fingerprint density at radius 3 is 1.43 bits per heavy atom. The maximum atomic E-state index is 12.4. The quantitative estimate of drug-likeness (QED) is 0.0707. The molecular formula is C39H73N2O+. The van der Waals surface area contributed by atoms with Crippen LogP contribution in [0.2, 0.25) is 0 Å². The van der Waals surface area contributed by atoms with E-state index in [0.29, 0.717) is 6.42 Å². The van der Waals surface area contributed by atoms with Crippen LogP contribution in [0.5, 0.6) is 0 Å². The summed E-state index contributed by atoms with van der Waals surface area (Å²) in [7, 11) is 0. The molecule has 0 saturated heterocycles. The first kappa shape index (κ1) is 38.6. The molecule has 0 unspecified atom stereocenters. The summed E-state index contributed by atoms with van der Waals surface area (Å²) in [6, 6.07) is 4.64. The van der Waals surface area contributed by atoms with E-state index in [1.807, 2.05) is 0 Å². The van der Waals surface area contributed by atoms with Gasteiger partial charge < -0.3 is 5.32 Å². The molecule has 0 aliphatic heterocycles. The minimum Gasteiger partial charge on any atom is -0.350 e. The lowest BCUT2D eigenvalue weighted by Crippen LogP contribution is -2.46. The molecule has 1 aromatic heterocycles. The number of nitrogens with one attached hydrogen (secondary N) is 1. The van der Waals surface area contributed by atoms with Crippen molar-refractivity contribution >= 4 is 5.91 Å². The van der Waals surface area contributed by atoms with Crippen LogP contribution in [0.4, 0.5) is 0 Å². The standard InChI is InChI=1S/C39H72N2O/c1-5-7-9-11-13-15-17-19-21-23-25-27-29-31-39(42)40-32-33-41-37(4)34-36(3)35-38(41)30-28-26-24-22-20-18-16-14-12-10-8-6-2/h34-35H,5-33H2,1-4H3/p+1. The maximum Gasteiger partial charge on any atom is 0.220 e. The molecule has 0 atom stereocenters. The highest BCUT2D eigenvalue weighted by atomic mass is 16.1. The van der Waals surface area contributed by atoms with Crippen LogP contribution in [-0.4, -0.2) is 12.5 Å². The predicted molar refractivity (Wildman–Crippen MR) is 184 cm³/mol. The Morgan fingerprint density at radius 1 is 0.571 bits per heavy atom. The first-order valence-corrected chi connectivity index (χ1v) is 18.8. The largest absolute Gasteiger partial charge is 0.350 e. The van der Waals surface area contributed by atoms with Crippen molar-refractivity contribution in [1.29, 1.82) is 0 Å². The number of unbranched alkanes of at least 4 members (excludes halogenated alkanes) is 23. The first-order valence-electron chi connectivity index (χ1n) is 18.8. The van der Waals surface area contributed by atoms with Crippen LogP contribution in [0, 0.1) is 13.8 Å². The summed E-state index contributed by atoms with van der Waals surface area (Å²) < 4.78 is 2.44. The Hall–Kier alpha value is -1.38. The number of pyridine rings is 1. The van der Waals surface area contributed by atoms with Crippen LogP contribution in [0.15, 0.2) is 12.1 Å². The highest BCUT2D eigenvalue weighted by Crippen LogP contribution is 2.15. The van der Waals surface area contributed by atoms with Crippen molar-refractivity contribution < 1.29 is 9.36 Å². The van der Waals surface area contributed by atoms with E-state index in [1.54, 1.807) is 0 Å². The zero-order chi connectivity index (χ0) is 30.5. The third kappa shape index (κ3) is 22.2. The molecule has 0 fully saturated rings. The molecule has 42 heavy (non-hydrogen) atoms. The SMILES string of the molecule is CCCCCCCCCCCCCCCC(=O)NCC[n+]1c(C)cc(C)cc1CCCCCCCCCCCCCC. The molecule has 1 heterocycles. The van der Waals surface area contributed by atoms with Crippen molar-refractivity contribution in [2.24, 2.45) is 0 Å². The molecule has 0 aromatic carbocycles. The van der Waals surface area contributed by atoms with Crippen molar-refractivity contribution in [2.45, 2.75) is 208 Å². The predicted octanol–water partition coefficient (Wildman–Crippen LogP) is 11.4. The Morgan fingerprint density at radius 2 is 0.976 bits per heavy atom. The monoisotopic (exact) mass is 586 g/mol. The molecule has 0 spiro atoms. The molecule has 0 bridgehead atoms. The zero-order valence-electron chi connectivity index (χ0n) is 29.0. The Bertz CT molecular complexity index is 759. The van der Waals surface area contributed by atoms with Gasteiger partial charge in [-0.05, 0) is 25.3 Å². The summed E-state index contributed by atoms with van der Waals surface area (Å²) in [4.78, 5) is 12.4. The van der Waals surface area contributed by atoms with E-state index >= 15 is 0 Å². The number of nitrogens with zero attached hydrogens (tertiary/aromatic N) is 1. The van der Waals surface area contributed by atoms with Crippen LogP contribution in [0.3, 0.4) is 0 Å². The normalized spacial score (nSPS) is 11.3. The molecule has 3 nitrogen and oxygen atoms in total. The number of hydrogen-bond acceptors (Lipinski definition) is 1. The van der Waals surface area contributed by atoms with Crippen molar-refractivity contribution in [3.63, 3.8) is 0 Å². The van der Waals surface area contributed by atoms with Gasteiger partial charge in [-0.25, -0.2) is 0 Å². The van der Waals surface area contributed by atoms with Gasteiger partial charge in [0, 0.05) is 31.9 Å². The van der Waals surface area contributed by atoms with Crippen molar-refractivity contribution in [3.05, 3.63) is 29.1 Å². The summed E-state index contributed by atoms with van der Waals surface area (Å²) in [5.74, 6) is 0.228. The van der Waals surface area contributed by atoms with E-state index in [1.165, 1.54) is 171 Å². The minimum atomic E-state index is 0.228. The zero-order valence-corrected chi connectivity index (χ0v) is 29.0. The Labute approximate surface area is 263 Å². The Kier molecular flexibility index (Phi) is 26.1. The van der Waals surface area contributed by atoms with Gasteiger partial charge in [0.15, 0.2) is 17.9 Å². The van der Waals surface area contributed by atoms with Crippen LogP contribution in [0.25, 0.3) is 0 Å². The molecule has 0 aliphatic carbocycles. The van der Waals surface area contributed by atoms with E-state index in [9.17, 15) is 4.79 Å². The Balaban J connectivity index is 2.11. The second kappa shape index (κ2) is 28.4. The van der Waals surface area contributed by atoms with Gasteiger partial charge in [-0.3, -0.25) is 4.79 Å². The van der Waals surface area contributed by atoms with Gasteiger partial charge in [0.1, 0.15) is 0 Å². The highest BCUT2D eigenvalue weighted by Gasteiger charge is 2.15. The average molecular weight is 586 g/mol. The topological polar surface area (TPSA) is 33.0 Å². The van der Waals surface area contributed by atoms with Crippen LogP contribution in [0.1, 0.15) is 198 Å². The van der Waals surface area contributed by atoms with Crippen molar-refractivity contribution in [2.75, 3.05) is 6.54 Å². The van der Waals surface area contributed by atoms with Crippen LogP contribution < -0.4 is 9.88 Å². The van der Waals surface area contributed by atoms with E-state index in [2.05, 4.69) is 49.7 Å². The maximum absolute atomic E-state index is 12.4. The van der Waals surface area contributed by atoms with Gasteiger partial charge in [0.2, 0.25) is 5.91 Å². The fourth-order valence-electron chi connectivity index (χ4n) is 6.39. The number of hydrogen-bond donors (Lipinski definition) is 1. The number of rotatable bonds is 30. The summed E-state index contributed by atoms with van der Waals surface area (Å²) in [5, 5.41) is 3.20. The third-order valence-electron chi connectivity index (χ3n) is 9.05.